The van der Waals surface area contributed by atoms with Gasteiger partial charge in [-0.1, -0.05) is 13.3 Å². The second kappa shape index (κ2) is 5.13. The Morgan fingerprint density at radius 2 is 2.26 bits per heavy atom. The third kappa shape index (κ3) is 2.53. The first-order valence-electron chi connectivity index (χ1n) is 6.91. The standard InChI is InChI=1S/C13H19N5O/c1-2-3-4-10(19)18-8-16-11-12(17-9-5-6-9)14-7-15-13(11)18/h7-10,19H,2-6H2,1H3,(H,14,15,17). The van der Waals surface area contributed by atoms with E-state index in [-0.39, 0.29) is 0 Å². The average Bonchev–Trinajstić information content (AvgIpc) is 3.12. The van der Waals surface area contributed by atoms with E-state index >= 15 is 0 Å². The number of imidazole rings is 1. The fourth-order valence-electron chi connectivity index (χ4n) is 2.12. The lowest BCUT2D eigenvalue weighted by Gasteiger charge is -2.12. The van der Waals surface area contributed by atoms with Crippen LogP contribution in [0, 0.1) is 0 Å². The first-order chi connectivity index (χ1) is 9.29. The van der Waals surface area contributed by atoms with Crippen LogP contribution < -0.4 is 5.32 Å². The first-order valence-corrected chi connectivity index (χ1v) is 6.91. The lowest BCUT2D eigenvalue weighted by atomic mass is 10.2. The van der Waals surface area contributed by atoms with E-state index in [4.69, 9.17) is 0 Å². The second-order valence-electron chi connectivity index (χ2n) is 5.09. The number of hydrogen-bond acceptors (Lipinski definition) is 5. The van der Waals surface area contributed by atoms with E-state index in [1.165, 1.54) is 19.2 Å². The molecule has 0 radical (unpaired) electrons. The zero-order valence-corrected chi connectivity index (χ0v) is 11.1. The molecule has 1 aliphatic rings. The van der Waals surface area contributed by atoms with Gasteiger partial charge in [-0.3, -0.25) is 4.57 Å². The number of aromatic nitrogens is 4. The zero-order chi connectivity index (χ0) is 13.2. The molecule has 2 heterocycles. The Morgan fingerprint density at radius 1 is 1.42 bits per heavy atom. The average molecular weight is 261 g/mol. The third-order valence-electron chi connectivity index (χ3n) is 3.41. The second-order valence-corrected chi connectivity index (χ2v) is 5.09. The maximum atomic E-state index is 10.2. The monoisotopic (exact) mass is 261 g/mol. The number of fused-ring (bicyclic) bond motifs is 1. The topological polar surface area (TPSA) is 75.9 Å². The SMILES string of the molecule is CCCCC(O)n1cnc2c(NC3CC3)ncnc21. The fourth-order valence-corrected chi connectivity index (χ4v) is 2.12. The van der Waals surface area contributed by atoms with Crippen LogP contribution in [-0.4, -0.2) is 30.7 Å². The molecule has 3 rings (SSSR count). The summed E-state index contributed by atoms with van der Waals surface area (Å²) in [6.07, 6.45) is 7.75. The first kappa shape index (κ1) is 12.3. The molecule has 0 bridgehead atoms. The van der Waals surface area contributed by atoms with E-state index in [0.717, 1.165) is 30.6 Å². The highest BCUT2D eigenvalue weighted by atomic mass is 16.3. The number of anilines is 1. The van der Waals surface area contributed by atoms with Crippen LogP contribution in [0.1, 0.15) is 45.3 Å². The smallest absolute Gasteiger partial charge is 0.167 e. The van der Waals surface area contributed by atoms with Gasteiger partial charge in [-0.25, -0.2) is 15.0 Å². The molecule has 1 atom stereocenters. The lowest BCUT2D eigenvalue weighted by Crippen LogP contribution is -2.08. The van der Waals surface area contributed by atoms with Gasteiger partial charge in [-0.05, 0) is 25.7 Å². The molecule has 102 valence electrons. The molecule has 1 aliphatic carbocycles. The van der Waals surface area contributed by atoms with Crippen molar-refractivity contribution in [1.82, 2.24) is 19.5 Å². The summed E-state index contributed by atoms with van der Waals surface area (Å²) in [7, 11) is 0. The van der Waals surface area contributed by atoms with Crippen molar-refractivity contribution in [2.24, 2.45) is 0 Å². The molecule has 0 aliphatic heterocycles. The Labute approximate surface area is 111 Å². The molecule has 2 N–H and O–H groups in total. The van der Waals surface area contributed by atoms with Gasteiger partial charge < -0.3 is 10.4 Å². The van der Waals surface area contributed by atoms with Gasteiger partial charge in [0.1, 0.15) is 12.6 Å². The highest BCUT2D eigenvalue weighted by Gasteiger charge is 2.23. The maximum Gasteiger partial charge on any atom is 0.167 e. The molecule has 2 aromatic heterocycles. The molecule has 0 spiro atoms. The quantitative estimate of drug-likeness (QED) is 0.832. The Hall–Kier alpha value is -1.69. The predicted molar refractivity (Wildman–Crippen MR) is 72.7 cm³/mol. The van der Waals surface area contributed by atoms with Crippen molar-refractivity contribution in [2.75, 3.05) is 5.32 Å². The molecular formula is C13H19N5O. The molecule has 0 amide bonds. The number of nitrogens with zero attached hydrogens (tertiary/aromatic N) is 4. The number of aliphatic hydroxyl groups excluding tert-OH is 1. The van der Waals surface area contributed by atoms with E-state index in [1.54, 1.807) is 10.9 Å². The van der Waals surface area contributed by atoms with Crippen molar-refractivity contribution in [3.05, 3.63) is 12.7 Å². The minimum Gasteiger partial charge on any atom is -0.373 e. The summed E-state index contributed by atoms with van der Waals surface area (Å²) in [5.41, 5.74) is 1.44. The number of rotatable bonds is 6. The maximum absolute atomic E-state index is 10.2. The van der Waals surface area contributed by atoms with Gasteiger partial charge in [0.2, 0.25) is 0 Å². The van der Waals surface area contributed by atoms with Crippen LogP contribution in [0.25, 0.3) is 11.2 Å². The van der Waals surface area contributed by atoms with E-state index < -0.39 is 6.23 Å². The zero-order valence-electron chi connectivity index (χ0n) is 11.1. The largest absolute Gasteiger partial charge is 0.373 e. The van der Waals surface area contributed by atoms with E-state index in [9.17, 15) is 5.11 Å². The summed E-state index contributed by atoms with van der Waals surface area (Å²) in [4.78, 5) is 12.8. The van der Waals surface area contributed by atoms with Gasteiger partial charge in [0.25, 0.3) is 0 Å². The van der Waals surface area contributed by atoms with Gasteiger partial charge >= 0.3 is 0 Å². The molecule has 0 aromatic carbocycles. The molecule has 6 heteroatoms. The molecule has 6 nitrogen and oxygen atoms in total. The Morgan fingerprint density at radius 3 is 3.00 bits per heavy atom. The van der Waals surface area contributed by atoms with Crippen LogP contribution >= 0.6 is 0 Å². The Balaban J connectivity index is 1.89. The van der Waals surface area contributed by atoms with E-state index in [0.29, 0.717) is 11.7 Å². The highest BCUT2D eigenvalue weighted by molar-refractivity contribution is 5.82. The fraction of sp³-hybridized carbons (Fsp3) is 0.615. The van der Waals surface area contributed by atoms with Crippen molar-refractivity contribution < 1.29 is 5.11 Å². The number of hydrogen-bond donors (Lipinski definition) is 2. The summed E-state index contributed by atoms with van der Waals surface area (Å²) in [6, 6.07) is 0.522. The normalized spacial score (nSPS) is 16.7. The van der Waals surface area contributed by atoms with Crippen LogP contribution in [0.4, 0.5) is 5.82 Å². The lowest BCUT2D eigenvalue weighted by molar-refractivity contribution is 0.0954. The molecule has 0 saturated heterocycles. The number of unbranched alkanes of at least 4 members (excludes halogenated alkanes) is 1. The summed E-state index contributed by atoms with van der Waals surface area (Å²) in [6.45, 7) is 2.11. The van der Waals surface area contributed by atoms with Crippen molar-refractivity contribution in [2.45, 2.75) is 51.3 Å². The van der Waals surface area contributed by atoms with Gasteiger partial charge in [-0.2, -0.15) is 0 Å². The van der Waals surface area contributed by atoms with Crippen molar-refractivity contribution in [3.8, 4) is 0 Å². The van der Waals surface area contributed by atoms with E-state index in [2.05, 4.69) is 27.2 Å². The molecule has 1 unspecified atom stereocenters. The molecule has 1 fully saturated rings. The van der Waals surface area contributed by atoms with Gasteiger partial charge in [-0.15, -0.1) is 0 Å². The number of nitrogens with one attached hydrogen (secondary N) is 1. The summed E-state index contributed by atoms with van der Waals surface area (Å²) in [5.74, 6) is 0.772. The van der Waals surface area contributed by atoms with E-state index in [1.807, 2.05) is 0 Å². The molecule has 19 heavy (non-hydrogen) atoms. The Kier molecular flexibility index (Phi) is 3.33. The summed E-state index contributed by atoms with van der Waals surface area (Å²) < 4.78 is 1.73. The van der Waals surface area contributed by atoms with Gasteiger partial charge in [0.05, 0.1) is 6.33 Å². The van der Waals surface area contributed by atoms with Crippen LogP contribution in [0.2, 0.25) is 0 Å². The summed E-state index contributed by atoms with van der Waals surface area (Å²) in [5, 5.41) is 13.5. The molecule has 1 saturated carbocycles. The Bertz CT molecular complexity index is 563. The number of aliphatic hydroxyl groups is 1. The highest BCUT2D eigenvalue weighted by Crippen LogP contribution is 2.27. The summed E-state index contributed by atoms with van der Waals surface area (Å²) >= 11 is 0. The van der Waals surface area contributed by atoms with Crippen LogP contribution in [0.3, 0.4) is 0 Å². The molecule has 2 aromatic rings. The van der Waals surface area contributed by atoms with Gasteiger partial charge in [0.15, 0.2) is 17.0 Å². The third-order valence-corrected chi connectivity index (χ3v) is 3.41. The van der Waals surface area contributed by atoms with Crippen molar-refractivity contribution in [1.29, 1.82) is 0 Å². The van der Waals surface area contributed by atoms with Crippen molar-refractivity contribution in [3.63, 3.8) is 0 Å². The molecular weight excluding hydrogens is 242 g/mol. The minimum absolute atomic E-state index is 0.522. The predicted octanol–water partition coefficient (Wildman–Crippen LogP) is 2.08. The minimum atomic E-state index is -0.561. The van der Waals surface area contributed by atoms with Crippen LogP contribution in [0.5, 0.6) is 0 Å². The van der Waals surface area contributed by atoms with Crippen molar-refractivity contribution >= 4 is 17.0 Å². The van der Waals surface area contributed by atoms with Gasteiger partial charge in [0, 0.05) is 6.04 Å². The van der Waals surface area contributed by atoms with Crippen LogP contribution in [0.15, 0.2) is 12.7 Å². The van der Waals surface area contributed by atoms with Crippen LogP contribution in [-0.2, 0) is 0 Å².